The minimum Gasteiger partial charge on any atom is -0.468 e. The van der Waals surface area contributed by atoms with Crippen molar-refractivity contribution < 1.29 is 23.9 Å². The molecule has 0 aliphatic heterocycles. The van der Waals surface area contributed by atoms with Gasteiger partial charge >= 0.3 is 11.9 Å². The van der Waals surface area contributed by atoms with Crippen molar-refractivity contribution in [3.8, 4) is 0 Å². The summed E-state index contributed by atoms with van der Waals surface area (Å²) in [6.07, 6.45) is 1.90. The van der Waals surface area contributed by atoms with Gasteiger partial charge in [-0.25, -0.2) is 0 Å². The molecule has 0 aromatic heterocycles. The van der Waals surface area contributed by atoms with Crippen molar-refractivity contribution in [2.75, 3.05) is 25.2 Å². The number of carbonyl (C=O) groups excluding carboxylic acids is 3. The number of hydrogen-bond donors (Lipinski definition) is 1. The van der Waals surface area contributed by atoms with Gasteiger partial charge < -0.3 is 19.7 Å². The molecule has 7 nitrogen and oxygen atoms in total. The van der Waals surface area contributed by atoms with E-state index in [4.69, 9.17) is 21.1 Å². The first-order valence-electron chi connectivity index (χ1n) is 9.91. The van der Waals surface area contributed by atoms with Crippen LogP contribution >= 0.6 is 11.6 Å². The van der Waals surface area contributed by atoms with E-state index < -0.39 is 12.0 Å². The number of nitrogens with one attached hydrogen (secondary N) is 1. The predicted molar refractivity (Wildman–Crippen MR) is 113 cm³/mol. The molecule has 0 bridgehead atoms. The number of carbonyl (C=O) groups is 3. The van der Waals surface area contributed by atoms with Crippen molar-refractivity contribution in [1.29, 1.82) is 0 Å². The fraction of sp³-hybridized carbons (Fsp3) is 0.571. The normalized spacial score (nSPS) is 12.6. The van der Waals surface area contributed by atoms with Crippen molar-refractivity contribution in [2.24, 2.45) is 0 Å². The van der Waals surface area contributed by atoms with Gasteiger partial charge in [0.05, 0.1) is 13.7 Å². The number of anilines is 1. The Labute approximate surface area is 177 Å². The Hall–Kier alpha value is -2.28. The Morgan fingerprint density at radius 1 is 1.07 bits per heavy atom. The first kappa shape index (κ1) is 24.8. The molecule has 29 heavy (non-hydrogen) atoms. The van der Waals surface area contributed by atoms with Crippen molar-refractivity contribution in [3.05, 3.63) is 29.3 Å². The van der Waals surface area contributed by atoms with Gasteiger partial charge in [0.25, 0.3) is 0 Å². The Bertz CT molecular complexity index is 666. The monoisotopic (exact) mass is 426 g/mol. The number of benzene rings is 1. The van der Waals surface area contributed by atoms with Crippen LogP contribution < -0.4 is 10.2 Å². The lowest BCUT2D eigenvalue weighted by Crippen LogP contribution is -2.51. The van der Waals surface area contributed by atoms with Crippen LogP contribution in [0, 0.1) is 0 Å². The maximum atomic E-state index is 13.0. The summed E-state index contributed by atoms with van der Waals surface area (Å²) in [5.74, 6) is -0.927. The molecule has 0 unspecified atom stereocenters. The standard InChI is InChI=1S/C21H31ClN2O5/c1-5-16(10-13-19(25)29-7-3)23-21(27)18(6-2)24(14-20(26)28-4)17-11-8-15(22)9-12-17/h8-9,11-12,16,18H,5-7,10,13-14H2,1-4H3,(H,23,27)/t16-,18-/m1/s1. The molecule has 0 spiro atoms. The lowest BCUT2D eigenvalue weighted by molar-refractivity contribution is -0.143. The zero-order valence-electron chi connectivity index (χ0n) is 17.6. The highest BCUT2D eigenvalue weighted by atomic mass is 35.5. The number of methoxy groups -OCH3 is 1. The second-order valence-corrected chi connectivity index (χ2v) is 7.00. The molecule has 0 saturated carbocycles. The summed E-state index contributed by atoms with van der Waals surface area (Å²) in [5.41, 5.74) is 0.696. The topological polar surface area (TPSA) is 84.9 Å². The summed E-state index contributed by atoms with van der Waals surface area (Å²) in [4.78, 5) is 38.3. The smallest absolute Gasteiger partial charge is 0.325 e. The molecule has 1 N–H and O–H groups in total. The van der Waals surface area contributed by atoms with Gasteiger partial charge in [0, 0.05) is 23.2 Å². The number of nitrogens with zero attached hydrogens (tertiary/aromatic N) is 1. The van der Waals surface area contributed by atoms with E-state index in [0.29, 0.717) is 36.6 Å². The number of ether oxygens (including phenoxy) is 2. The van der Waals surface area contributed by atoms with Crippen LogP contribution in [0.25, 0.3) is 0 Å². The van der Waals surface area contributed by atoms with Crippen molar-refractivity contribution >= 4 is 35.1 Å². The number of amides is 1. The maximum Gasteiger partial charge on any atom is 0.325 e. The van der Waals surface area contributed by atoms with Crippen LogP contribution in [0.5, 0.6) is 0 Å². The molecule has 0 aliphatic carbocycles. The average molecular weight is 427 g/mol. The summed E-state index contributed by atoms with van der Waals surface area (Å²) >= 11 is 5.97. The van der Waals surface area contributed by atoms with Crippen LogP contribution in [0.3, 0.4) is 0 Å². The van der Waals surface area contributed by atoms with E-state index in [-0.39, 0.29) is 30.9 Å². The molecule has 0 aliphatic rings. The Morgan fingerprint density at radius 2 is 1.72 bits per heavy atom. The SMILES string of the molecule is CCOC(=O)CC[C@@H](CC)NC(=O)[C@@H](CC)N(CC(=O)OC)c1ccc(Cl)cc1. The van der Waals surface area contributed by atoms with E-state index in [0.717, 1.165) is 0 Å². The van der Waals surface area contributed by atoms with E-state index in [1.807, 2.05) is 13.8 Å². The van der Waals surface area contributed by atoms with Gasteiger partial charge in [-0.1, -0.05) is 25.4 Å². The average Bonchev–Trinajstić information content (AvgIpc) is 2.71. The molecule has 1 rings (SSSR count). The van der Waals surface area contributed by atoms with Gasteiger partial charge in [-0.15, -0.1) is 0 Å². The van der Waals surface area contributed by atoms with Gasteiger partial charge in [0.2, 0.25) is 5.91 Å². The molecule has 0 heterocycles. The van der Waals surface area contributed by atoms with Gasteiger partial charge in [-0.3, -0.25) is 14.4 Å². The fourth-order valence-corrected chi connectivity index (χ4v) is 3.09. The van der Waals surface area contributed by atoms with Crippen molar-refractivity contribution in [1.82, 2.24) is 5.32 Å². The molecule has 162 valence electrons. The first-order chi connectivity index (χ1) is 13.9. The molecule has 1 amide bonds. The highest BCUT2D eigenvalue weighted by Crippen LogP contribution is 2.22. The van der Waals surface area contributed by atoms with Gasteiger partial charge in [-0.05, 0) is 50.5 Å². The number of rotatable bonds is 12. The molecule has 8 heteroatoms. The van der Waals surface area contributed by atoms with Crippen LogP contribution in [0.2, 0.25) is 5.02 Å². The quantitative estimate of drug-likeness (QED) is 0.516. The molecular formula is C21H31ClN2O5. The molecule has 1 aromatic carbocycles. The fourth-order valence-electron chi connectivity index (χ4n) is 2.97. The van der Waals surface area contributed by atoms with Crippen LogP contribution in [-0.2, 0) is 23.9 Å². The second-order valence-electron chi connectivity index (χ2n) is 6.56. The summed E-state index contributed by atoms with van der Waals surface area (Å²) < 4.78 is 9.75. The van der Waals surface area contributed by atoms with Gasteiger partial charge in [0.1, 0.15) is 12.6 Å². The summed E-state index contributed by atoms with van der Waals surface area (Å²) in [7, 11) is 1.31. The minimum absolute atomic E-state index is 0.0658. The number of hydrogen-bond acceptors (Lipinski definition) is 6. The molecule has 2 atom stereocenters. The minimum atomic E-state index is -0.577. The zero-order chi connectivity index (χ0) is 21.8. The lowest BCUT2D eigenvalue weighted by Gasteiger charge is -2.32. The largest absolute Gasteiger partial charge is 0.468 e. The second kappa shape index (κ2) is 13.0. The van der Waals surface area contributed by atoms with Crippen LogP contribution in [0.4, 0.5) is 5.69 Å². The molecule has 0 saturated heterocycles. The molecule has 0 radical (unpaired) electrons. The highest BCUT2D eigenvalue weighted by Gasteiger charge is 2.28. The summed E-state index contributed by atoms with van der Waals surface area (Å²) in [5, 5.41) is 3.57. The van der Waals surface area contributed by atoms with Crippen LogP contribution in [0.1, 0.15) is 46.5 Å². The van der Waals surface area contributed by atoms with Gasteiger partial charge in [-0.2, -0.15) is 0 Å². The third-order valence-corrected chi connectivity index (χ3v) is 4.84. The maximum absolute atomic E-state index is 13.0. The predicted octanol–water partition coefficient (Wildman–Crippen LogP) is 3.34. The Morgan fingerprint density at radius 3 is 2.24 bits per heavy atom. The highest BCUT2D eigenvalue weighted by molar-refractivity contribution is 6.30. The Kier molecular flexibility index (Phi) is 11.1. The van der Waals surface area contributed by atoms with Crippen molar-refractivity contribution in [3.63, 3.8) is 0 Å². The molecule has 1 aromatic rings. The lowest BCUT2D eigenvalue weighted by atomic mass is 10.1. The van der Waals surface area contributed by atoms with E-state index >= 15 is 0 Å². The van der Waals surface area contributed by atoms with E-state index in [9.17, 15) is 14.4 Å². The third kappa shape index (κ3) is 8.31. The first-order valence-corrected chi connectivity index (χ1v) is 10.3. The van der Waals surface area contributed by atoms with Crippen molar-refractivity contribution in [2.45, 2.75) is 58.5 Å². The van der Waals surface area contributed by atoms with E-state index in [1.54, 1.807) is 36.1 Å². The molecular weight excluding hydrogens is 396 g/mol. The molecule has 0 fully saturated rings. The van der Waals surface area contributed by atoms with E-state index in [1.165, 1.54) is 7.11 Å². The van der Waals surface area contributed by atoms with E-state index in [2.05, 4.69) is 5.32 Å². The van der Waals surface area contributed by atoms with Crippen LogP contribution in [0.15, 0.2) is 24.3 Å². The zero-order valence-corrected chi connectivity index (χ0v) is 18.3. The summed E-state index contributed by atoms with van der Waals surface area (Å²) in [6.45, 7) is 5.86. The number of halogens is 1. The summed E-state index contributed by atoms with van der Waals surface area (Å²) in [6, 6.07) is 6.21. The number of esters is 2. The third-order valence-electron chi connectivity index (χ3n) is 4.59. The van der Waals surface area contributed by atoms with Gasteiger partial charge in [0.15, 0.2) is 0 Å². The van der Waals surface area contributed by atoms with Crippen LogP contribution in [-0.4, -0.2) is 50.2 Å². The Balaban J connectivity index is 2.93.